The first kappa shape index (κ1) is 44.7. The van der Waals surface area contributed by atoms with Gasteiger partial charge in [-0.25, -0.2) is 23.2 Å². The number of nitrogens with one attached hydrogen (secondary N) is 3. The Morgan fingerprint density at radius 3 is 2.46 bits per heavy atom. The van der Waals surface area contributed by atoms with E-state index in [4.69, 9.17) is 23.9 Å². The highest BCUT2D eigenvalue weighted by molar-refractivity contribution is 7.91. The lowest BCUT2D eigenvalue weighted by Crippen LogP contribution is -2.59. The van der Waals surface area contributed by atoms with Crippen molar-refractivity contribution in [2.75, 3.05) is 13.7 Å². The average Bonchev–Trinajstić information content (AvgIpc) is 4.23. The van der Waals surface area contributed by atoms with E-state index in [0.29, 0.717) is 65.8 Å². The highest BCUT2D eigenvalue weighted by Gasteiger charge is 2.62. The monoisotopic (exact) mass is 912 g/mol. The quantitative estimate of drug-likeness (QED) is 0.195. The van der Waals surface area contributed by atoms with Crippen LogP contribution in [0.5, 0.6) is 17.5 Å². The Labute approximate surface area is 380 Å². The number of amides is 4. The standard InChI is InChI=1S/C48H60N6O10S/c1-26(2)62-41-15-10-29(24-49-41)39-21-32-20-34(61-5)11-14-38(32)44(50-39)63-36-22-40-43(55)52-48(46(57)53-65(59,60)37-12-13-37)23-33(48)9-7-6-8-27(3)16-28(4)42(45(56)54(40)25-36)51-47(58)64-35-18-30-17-31(30)19-35/h7,9-11,14-15,20-21,24,26-28,30-31,33,35-37,40,42H,6,8,12-13,16-19,22-23,25H2,1-5H3,(H,51,58)(H,52,55)(H,53,57)/b9-7-/t27-,28+,30-,31+,33+,35?,36+,40-,42-,48+/m0/s1. The second kappa shape index (κ2) is 17.7. The van der Waals surface area contributed by atoms with Crippen molar-refractivity contribution >= 4 is 44.6 Å². The van der Waals surface area contributed by atoms with Crippen LogP contribution in [0.1, 0.15) is 91.9 Å². The first-order chi connectivity index (χ1) is 31.1. The van der Waals surface area contributed by atoms with E-state index in [1.807, 2.05) is 57.2 Å². The van der Waals surface area contributed by atoms with E-state index < -0.39 is 68.7 Å². The van der Waals surface area contributed by atoms with Crippen molar-refractivity contribution in [3.8, 4) is 28.8 Å². The minimum atomic E-state index is -3.93. The van der Waals surface area contributed by atoms with Crippen molar-refractivity contribution in [3.05, 3.63) is 54.7 Å². The first-order valence-electron chi connectivity index (χ1n) is 23.2. The molecule has 4 aliphatic carbocycles. The summed E-state index contributed by atoms with van der Waals surface area (Å²) in [4.78, 5) is 68.4. The summed E-state index contributed by atoms with van der Waals surface area (Å²) >= 11 is 0. The lowest BCUT2D eigenvalue weighted by molar-refractivity contribution is -0.142. The fourth-order valence-corrected chi connectivity index (χ4v) is 11.5. The number of aromatic nitrogens is 2. The van der Waals surface area contributed by atoms with E-state index in [-0.39, 0.29) is 49.3 Å². The van der Waals surface area contributed by atoms with Gasteiger partial charge in [-0.15, -0.1) is 0 Å². The van der Waals surface area contributed by atoms with Crippen LogP contribution in [0.3, 0.4) is 0 Å². The van der Waals surface area contributed by atoms with Gasteiger partial charge in [0.15, 0.2) is 0 Å². The molecule has 3 N–H and O–H groups in total. The molecule has 16 nitrogen and oxygen atoms in total. The minimum absolute atomic E-state index is 0.00923. The van der Waals surface area contributed by atoms with Crippen LogP contribution in [0.4, 0.5) is 4.79 Å². The zero-order valence-electron chi connectivity index (χ0n) is 37.7. The van der Waals surface area contributed by atoms with Crippen molar-refractivity contribution in [3.63, 3.8) is 0 Å². The number of hydrogen-bond donors (Lipinski definition) is 3. The van der Waals surface area contributed by atoms with Gasteiger partial charge in [-0.05, 0) is 131 Å². The molecule has 3 aromatic rings. The van der Waals surface area contributed by atoms with Gasteiger partial charge in [0.1, 0.15) is 35.6 Å². The van der Waals surface area contributed by atoms with Crippen LogP contribution in [-0.4, -0.2) is 102 Å². The van der Waals surface area contributed by atoms with Gasteiger partial charge in [0.05, 0.1) is 30.7 Å². The molecule has 348 valence electrons. The van der Waals surface area contributed by atoms with Gasteiger partial charge in [0.25, 0.3) is 5.91 Å². The molecule has 17 heteroatoms. The summed E-state index contributed by atoms with van der Waals surface area (Å²) in [5, 5.41) is 6.65. The van der Waals surface area contributed by atoms with E-state index in [1.54, 1.807) is 25.4 Å². The number of pyridine rings is 2. The predicted octanol–water partition coefficient (Wildman–Crippen LogP) is 5.83. The van der Waals surface area contributed by atoms with E-state index in [1.165, 1.54) is 4.90 Å². The Morgan fingerprint density at radius 2 is 1.75 bits per heavy atom. The van der Waals surface area contributed by atoms with Gasteiger partial charge in [-0.3, -0.25) is 19.1 Å². The predicted molar refractivity (Wildman–Crippen MR) is 240 cm³/mol. The Hall–Kier alpha value is -5.45. The number of benzene rings is 1. The number of carbonyl (C=O) groups excluding carboxylic acids is 4. The number of fused-ring (bicyclic) bond motifs is 4. The van der Waals surface area contributed by atoms with E-state index >= 15 is 4.79 Å². The second-order valence-corrected chi connectivity index (χ2v) is 21.5. The van der Waals surface area contributed by atoms with Gasteiger partial charge in [-0.2, -0.15) is 0 Å². The molecule has 1 unspecified atom stereocenters. The first-order valence-corrected chi connectivity index (χ1v) is 24.7. The summed E-state index contributed by atoms with van der Waals surface area (Å²) in [6, 6.07) is 8.83. The molecule has 2 aliphatic heterocycles. The molecule has 0 bridgehead atoms. The van der Waals surface area contributed by atoms with E-state index in [2.05, 4.69) is 27.3 Å². The zero-order chi connectivity index (χ0) is 45.8. The van der Waals surface area contributed by atoms with Gasteiger partial charge in [0.2, 0.25) is 33.6 Å². The molecule has 6 aliphatic rings. The second-order valence-electron chi connectivity index (χ2n) is 19.6. The molecule has 0 spiro atoms. The molecular formula is C48H60N6O10S. The SMILES string of the molecule is COc1ccc2c(O[C@@H]3C[C@H]4C(=O)N[C@]5(C(=O)NS(=O)(=O)C6CC6)C[C@H]5/C=C\CC[C@H](C)C[C@@H](C)[C@H](NC(=O)OC5C[C@@H]6C[C@@H]6C5)C(=O)N4C3)nc(-c3ccc(OC(C)C)nc3)cc2c1. The van der Waals surface area contributed by atoms with Gasteiger partial charge < -0.3 is 34.5 Å². The molecule has 1 saturated heterocycles. The number of methoxy groups -OCH3 is 1. The summed E-state index contributed by atoms with van der Waals surface area (Å²) in [5.41, 5.74) is -0.290. The molecule has 65 heavy (non-hydrogen) atoms. The molecule has 4 heterocycles. The molecule has 5 fully saturated rings. The summed E-state index contributed by atoms with van der Waals surface area (Å²) in [7, 11) is -2.35. The Balaban J connectivity index is 1.05. The van der Waals surface area contributed by atoms with Gasteiger partial charge in [0, 0.05) is 35.6 Å². The van der Waals surface area contributed by atoms with Crippen molar-refractivity contribution in [1.29, 1.82) is 0 Å². The number of nitrogens with zero attached hydrogens (tertiary/aromatic N) is 3. The van der Waals surface area contributed by atoms with Crippen LogP contribution in [-0.2, 0) is 29.1 Å². The lowest BCUT2D eigenvalue weighted by atomic mass is 9.88. The molecule has 9 rings (SSSR count). The number of allylic oxidation sites excluding steroid dienone is 1. The Kier molecular flexibility index (Phi) is 12.2. The fraction of sp³-hybridized carbons (Fsp3) is 0.583. The van der Waals surface area contributed by atoms with Crippen LogP contribution in [0, 0.1) is 29.6 Å². The molecule has 1 aromatic carbocycles. The smallest absolute Gasteiger partial charge is 0.408 e. The third-order valence-corrected chi connectivity index (χ3v) is 15.9. The number of hydrogen-bond acceptors (Lipinski definition) is 12. The number of ether oxygens (including phenoxy) is 4. The number of carbonyl (C=O) groups is 4. The van der Waals surface area contributed by atoms with Gasteiger partial charge >= 0.3 is 6.09 Å². The van der Waals surface area contributed by atoms with Crippen LogP contribution >= 0.6 is 0 Å². The summed E-state index contributed by atoms with van der Waals surface area (Å²) in [5.74, 6) is -0.0477. The van der Waals surface area contributed by atoms with Crippen molar-refractivity contribution in [2.24, 2.45) is 29.6 Å². The Bertz CT molecular complexity index is 2470. The maximum Gasteiger partial charge on any atom is 0.408 e. The van der Waals surface area contributed by atoms with Gasteiger partial charge in [-0.1, -0.05) is 26.0 Å². The molecule has 0 radical (unpaired) electrons. The van der Waals surface area contributed by atoms with Crippen molar-refractivity contribution in [2.45, 2.75) is 133 Å². The molecule has 4 amide bonds. The molecule has 2 aromatic heterocycles. The third-order valence-electron chi connectivity index (χ3n) is 14.0. The maximum absolute atomic E-state index is 15.2. The largest absolute Gasteiger partial charge is 0.497 e. The molecular weight excluding hydrogens is 853 g/mol. The highest BCUT2D eigenvalue weighted by atomic mass is 32.2. The average molecular weight is 913 g/mol. The Morgan fingerprint density at radius 1 is 0.969 bits per heavy atom. The number of rotatable bonds is 11. The van der Waals surface area contributed by atoms with Crippen LogP contribution in [0.15, 0.2) is 54.7 Å². The summed E-state index contributed by atoms with van der Waals surface area (Å²) < 4.78 is 52.3. The lowest BCUT2D eigenvalue weighted by Gasteiger charge is -2.33. The normalized spacial score (nSPS) is 31.6. The highest BCUT2D eigenvalue weighted by Crippen LogP contribution is 2.52. The van der Waals surface area contributed by atoms with Crippen LogP contribution < -0.4 is 29.6 Å². The maximum atomic E-state index is 15.2. The summed E-state index contributed by atoms with van der Waals surface area (Å²) in [6.45, 7) is 7.82. The van der Waals surface area contributed by atoms with Crippen LogP contribution in [0.2, 0.25) is 0 Å². The third kappa shape index (κ3) is 9.75. The minimum Gasteiger partial charge on any atom is -0.497 e. The molecule has 10 atom stereocenters. The van der Waals surface area contributed by atoms with Crippen molar-refractivity contribution in [1.82, 2.24) is 30.2 Å². The fourth-order valence-electron chi connectivity index (χ4n) is 10.1. The summed E-state index contributed by atoms with van der Waals surface area (Å²) in [6.07, 6.45) is 9.78. The topological polar surface area (TPSA) is 204 Å². The number of sulfonamides is 1. The number of alkyl carbamates (subject to hydrolysis) is 1. The zero-order valence-corrected chi connectivity index (χ0v) is 38.5. The van der Waals surface area contributed by atoms with E-state index in [0.717, 1.165) is 31.1 Å². The van der Waals surface area contributed by atoms with E-state index in [9.17, 15) is 22.8 Å². The molecule has 4 saturated carbocycles. The van der Waals surface area contributed by atoms with Crippen LogP contribution in [0.25, 0.3) is 22.0 Å². The van der Waals surface area contributed by atoms with Crippen molar-refractivity contribution < 1.29 is 46.5 Å².